The molecule has 21 heavy (non-hydrogen) atoms. The number of hydrogen-bond acceptors (Lipinski definition) is 3. The molecule has 0 radical (unpaired) electrons. The first-order chi connectivity index (χ1) is 10.1. The number of rotatable bonds is 1. The van der Waals surface area contributed by atoms with Gasteiger partial charge in [-0.3, -0.25) is 9.59 Å². The molecule has 0 aromatic heterocycles. The fraction of sp³-hybridized carbons (Fsp3) is 0.500. The molecular weight excluding hydrogens is 268 g/mol. The molecule has 5 nitrogen and oxygen atoms in total. The summed E-state index contributed by atoms with van der Waals surface area (Å²) < 4.78 is 5.58. The Hall–Kier alpha value is -2.04. The molecule has 0 aliphatic carbocycles. The van der Waals surface area contributed by atoms with Gasteiger partial charge in [-0.15, -0.1) is 0 Å². The smallest absolute Gasteiger partial charge is 0.253 e. The highest BCUT2D eigenvalue weighted by molar-refractivity contribution is 5.94. The number of carbonyl (C=O) groups is 2. The molecular formula is C16H20N2O3. The Morgan fingerprint density at radius 2 is 1.81 bits per heavy atom. The average molecular weight is 288 g/mol. The van der Waals surface area contributed by atoms with E-state index in [1.807, 2.05) is 23.1 Å². The molecule has 1 fully saturated rings. The summed E-state index contributed by atoms with van der Waals surface area (Å²) in [7, 11) is 0. The summed E-state index contributed by atoms with van der Waals surface area (Å²) >= 11 is 0. The fourth-order valence-electron chi connectivity index (χ4n) is 2.90. The minimum absolute atomic E-state index is 0.0478. The van der Waals surface area contributed by atoms with Crippen LogP contribution in [0.4, 0.5) is 0 Å². The van der Waals surface area contributed by atoms with Gasteiger partial charge in [-0.2, -0.15) is 0 Å². The van der Waals surface area contributed by atoms with Gasteiger partial charge in [-0.25, -0.2) is 0 Å². The van der Waals surface area contributed by atoms with Crippen LogP contribution in [-0.4, -0.2) is 54.4 Å². The second-order valence-electron chi connectivity index (χ2n) is 5.57. The van der Waals surface area contributed by atoms with Crippen molar-refractivity contribution in [2.24, 2.45) is 0 Å². The van der Waals surface area contributed by atoms with Crippen LogP contribution in [0.25, 0.3) is 0 Å². The topological polar surface area (TPSA) is 49.9 Å². The summed E-state index contributed by atoms with van der Waals surface area (Å²) in [4.78, 5) is 27.5. The van der Waals surface area contributed by atoms with Gasteiger partial charge < -0.3 is 14.5 Å². The molecule has 2 amide bonds. The van der Waals surface area contributed by atoms with Gasteiger partial charge in [0.15, 0.2) is 0 Å². The third kappa shape index (κ3) is 2.86. The van der Waals surface area contributed by atoms with Crippen molar-refractivity contribution in [2.75, 3.05) is 32.8 Å². The van der Waals surface area contributed by atoms with E-state index >= 15 is 0 Å². The van der Waals surface area contributed by atoms with E-state index in [9.17, 15) is 9.59 Å². The highest BCUT2D eigenvalue weighted by Crippen LogP contribution is 2.26. The zero-order valence-corrected chi connectivity index (χ0v) is 12.3. The lowest BCUT2D eigenvalue weighted by Gasteiger charge is -2.34. The highest BCUT2D eigenvalue weighted by atomic mass is 16.5. The second kappa shape index (κ2) is 5.76. The SMILES string of the molecule is CC(=O)N1CCN(C(=O)c2ccc3c(c2)CCCO3)CC1. The molecule has 1 saturated heterocycles. The van der Waals surface area contributed by atoms with Crippen molar-refractivity contribution in [1.82, 2.24) is 9.80 Å². The van der Waals surface area contributed by atoms with Crippen LogP contribution in [0.15, 0.2) is 18.2 Å². The Labute approximate surface area is 124 Å². The van der Waals surface area contributed by atoms with Crippen LogP contribution in [0.1, 0.15) is 29.3 Å². The number of ether oxygens (including phenoxy) is 1. The Balaban J connectivity index is 1.70. The van der Waals surface area contributed by atoms with Crippen LogP contribution >= 0.6 is 0 Å². The Bertz CT molecular complexity index is 563. The van der Waals surface area contributed by atoms with E-state index in [1.165, 1.54) is 0 Å². The zero-order chi connectivity index (χ0) is 14.8. The maximum absolute atomic E-state index is 12.5. The number of carbonyl (C=O) groups excluding carboxylic acids is 2. The van der Waals surface area contributed by atoms with Gasteiger partial charge in [0, 0.05) is 38.7 Å². The second-order valence-corrected chi connectivity index (χ2v) is 5.57. The highest BCUT2D eigenvalue weighted by Gasteiger charge is 2.24. The lowest BCUT2D eigenvalue weighted by molar-refractivity contribution is -0.130. The van der Waals surface area contributed by atoms with Crippen molar-refractivity contribution in [3.05, 3.63) is 29.3 Å². The van der Waals surface area contributed by atoms with Gasteiger partial charge in [-0.05, 0) is 36.6 Å². The standard InChI is InChI=1S/C16H20N2O3/c1-12(19)17-6-8-18(9-7-17)16(20)14-4-5-15-13(11-14)3-2-10-21-15/h4-5,11H,2-3,6-10H2,1H3. The molecule has 0 spiro atoms. The summed E-state index contributed by atoms with van der Waals surface area (Å²) in [5.41, 5.74) is 1.84. The van der Waals surface area contributed by atoms with E-state index in [4.69, 9.17) is 4.74 Å². The average Bonchev–Trinajstić information content (AvgIpc) is 2.54. The predicted octanol–water partition coefficient (Wildman–Crippen LogP) is 1.32. The first-order valence-corrected chi connectivity index (χ1v) is 7.45. The molecule has 0 atom stereocenters. The number of aryl methyl sites for hydroxylation is 1. The number of piperazine rings is 1. The van der Waals surface area contributed by atoms with Crippen LogP contribution in [0.5, 0.6) is 5.75 Å². The Morgan fingerprint density at radius 3 is 2.52 bits per heavy atom. The van der Waals surface area contributed by atoms with Gasteiger partial charge >= 0.3 is 0 Å². The fourth-order valence-corrected chi connectivity index (χ4v) is 2.90. The van der Waals surface area contributed by atoms with E-state index in [0.29, 0.717) is 26.2 Å². The van der Waals surface area contributed by atoms with Crippen molar-refractivity contribution in [3.63, 3.8) is 0 Å². The summed E-state index contributed by atoms with van der Waals surface area (Å²) in [6.45, 7) is 4.77. The summed E-state index contributed by atoms with van der Waals surface area (Å²) in [6, 6.07) is 5.69. The number of hydrogen-bond donors (Lipinski definition) is 0. The summed E-state index contributed by atoms with van der Waals surface area (Å²) in [6.07, 6.45) is 1.97. The molecule has 2 heterocycles. The third-order valence-corrected chi connectivity index (χ3v) is 4.17. The number of nitrogens with zero attached hydrogens (tertiary/aromatic N) is 2. The van der Waals surface area contributed by atoms with Crippen LogP contribution in [0.2, 0.25) is 0 Å². The lowest BCUT2D eigenvalue weighted by atomic mass is 10.0. The molecule has 112 valence electrons. The van der Waals surface area contributed by atoms with E-state index in [2.05, 4.69) is 0 Å². The third-order valence-electron chi connectivity index (χ3n) is 4.17. The number of amides is 2. The van der Waals surface area contributed by atoms with E-state index in [1.54, 1.807) is 11.8 Å². The zero-order valence-electron chi connectivity index (χ0n) is 12.3. The molecule has 0 bridgehead atoms. The molecule has 0 unspecified atom stereocenters. The maximum Gasteiger partial charge on any atom is 0.253 e. The van der Waals surface area contributed by atoms with Crippen LogP contribution in [-0.2, 0) is 11.2 Å². The normalized spacial score (nSPS) is 18.0. The molecule has 0 saturated carbocycles. The van der Waals surface area contributed by atoms with Crippen molar-refractivity contribution in [1.29, 1.82) is 0 Å². The molecule has 2 aliphatic heterocycles. The van der Waals surface area contributed by atoms with E-state index in [-0.39, 0.29) is 11.8 Å². The quantitative estimate of drug-likeness (QED) is 0.783. The van der Waals surface area contributed by atoms with Crippen molar-refractivity contribution in [2.45, 2.75) is 19.8 Å². The first kappa shape index (κ1) is 13.9. The molecule has 0 N–H and O–H groups in total. The molecule has 2 aliphatic rings. The van der Waals surface area contributed by atoms with Crippen LogP contribution in [0, 0.1) is 0 Å². The first-order valence-electron chi connectivity index (χ1n) is 7.45. The Morgan fingerprint density at radius 1 is 1.10 bits per heavy atom. The number of fused-ring (bicyclic) bond motifs is 1. The van der Waals surface area contributed by atoms with Crippen LogP contribution in [0.3, 0.4) is 0 Å². The minimum Gasteiger partial charge on any atom is -0.493 e. The molecule has 1 aromatic rings. The van der Waals surface area contributed by atoms with Gasteiger partial charge in [-0.1, -0.05) is 0 Å². The van der Waals surface area contributed by atoms with Gasteiger partial charge in [0.25, 0.3) is 5.91 Å². The largest absolute Gasteiger partial charge is 0.493 e. The van der Waals surface area contributed by atoms with Crippen molar-refractivity contribution >= 4 is 11.8 Å². The minimum atomic E-state index is 0.0478. The molecule has 5 heteroatoms. The summed E-state index contributed by atoms with van der Waals surface area (Å²) in [5.74, 6) is 1.03. The van der Waals surface area contributed by atoms with Crippen molar-refractivity contribution in [3.8, 4) is 5.75 Å². The van der Waals surface area contributed by atoms with E-state index < -0.39 is 0 Å². The van der Waals surface area contributed by atoms with Gasteiger partial charge in [0.1, 0.15) is 5.75 Å². The Kier molecular flexibility index (Phi) is 3.82. The van der Waals surface area contributed by atoms with Crippen LogP contribution < -0.4 is 4.74 Å². The number of benzene rings is 1. The predicted molar refractivity (Wildman–Crippen MR) is 78.4 cm³/mol. The molecule has 3 rings (SSSR count). The summed E-state index contributed by atoms with van der Waals surface area (Å²) in [5, 5.41) is 0. The maximum atomic E-state index is 12.5. The molecule has 1 aromatic carbocycles. The van der Waals surface area contributed by atoms with Crippen molar-refractivity contribution < 1.29 is 14.3 Å². The van der Waals surface area contributed by atoms with Gasteiger partial charge in [0.05, 0.1) is 6.61 Å². The van der Waals surface area contributed by atoms with Gasteiger partial charge in [0.2, 0.25) is 5.91 Å². The van der Waals surface area contributed by atoms with E-state index in [0.717, 1.165) is 36.3 Å². The monoisotopic (exact) mass is 288 g/mol. The lowest BCUT2D eigenvalue weighted by Crippen LogP contribution is -2.50.